The fourth-order valence-corrected chi connectivity index (χ4v) is 1.74. The number of hydrogen-bond donors (Lipinski definition) is 2. The molecule has 0 aliphatic carbocycles. The number of rotatable bonds is 6. The number of para-hydroxylation sites is 2. The maximum atomic E-state index is 11.8. The molecule has 0 radical (unpaired) electrons. The fourth-order valence-electron chi connectivity index (χ4n) is 1.74. The Hall–Kier alpha value is -2.90. The second-order valence-electron chi connectivity index (χ2n) is 4.19. The second kappa shape index (κ2) is 6.51. The normalized spacial score (nSPS) is 10.1. The molecule has 0 bridgehead atoms. The number of aromatic nitrogens is 2. The van der Waals surface area contributed by atoms with E-state index < -0.39 is 10.8 Å². The lowest BCUT2D eigenvalue weighted by Crippen LogP contribution is -2.21. The summed E-state index contributed by atoms with van der Waals surface area (Å²) in [5.41, 5.74) is 0.690. The monoisotopic (exact) mass is 290 g/mol. The van der Waals surface area contributed by atoms with Gasteiger partial charge in [-0.3, -0.25) is 20.0 Å². The lowest BCUT2D eigenvalue weighted by Gasteiger charge is -2.07. The number of nitro benzene ring substituents is 1. The van der Waals surface area contributed by atoms with E-state index in [4.69, 9.17) is 4.74 Å². The number of ether oxygens (including phenoxy) is 1. The number of anilines is 1. The summed E-state index contributed by atoms with van der Waals surface area (Å²) in [6.45, 7) is 1.61. The van der Waals surface area contributed by atoms with Crippen molar-refractivity contribution in [2.45, 2.75) is 13.3 Å². The van der Waals surface area contributed by atoms with Gasteiger partial charge in [-0.1, -0.05) is 19.1 Å². The van der Waals surface area contributed by atoms with E-state index in [0.29, 0.717) is 5.82 Å². The number of carbonyl (C=O) groups excluding carboxylic acids is 1. The van der Waals surface area contributed by atoms with Gasteiger partial charge in [0.1, 0.15) is 5.82 Å². The summed E-state index contributed by atoms with van der Waals surface area (Å²) in [5.74, 6) is 0.138. The van der Waals surface area contributed by atoms with E-state index in [1.54, 1.807) is 12.3 Å². The van der Waals surface area contributed by atoms with E-state index in [2.05, 4.69) is 15.5 Å². The highest BCUT2D eigenvalue weighted by molar-refractivity contribution is 5.91. The first kappa shape index (κ1) is 14.5. The number of nitro groups is 1. The van der Waals surface area contributed by atoms with Crippen LogP contribution in [0.15, 0.2) is 30.5 Å². The zero-order valence-corrected chi connectivity index (χ0v) is 11.3. The summed E-state index contributed by atoms with van der Waals surface area (Å²) in [4.78, 5) is 22.0. The van der Waals surface area contributed by atoms with E-state index in [1.807, 2.05) is 6.92 Å². The number of hydrogen-bond acceptors (Lipinski definition) is 5. The average Bonchev–Trinajstić information content (AvgIpc) is 2.92. The van der Waals surface area contributed by atoms with Crippen molar-refractivity contribution < 1.29 is 14.5 Å². The van der Waals surface area contributed by atoms with Gasteiger partial charge in [-0.2, -0.15) is 5.10 Å². The molecule has 1 aromatic carbocycles. The number of carbonyl (C=O) groups is 1. The number of aryl methyl sites for hydroxylation is 1. The first-order valence-corrected chi connectivity index (χ1v) is 6.30. The minimum absolute atomic E-state index is 0.0537. The number of aromatic amines is 1. The SMILES string of the molecule is CCc1cn[nH]c1NC(=O)COc1ccccc1[N+](=O)[O-]. The molecule has 21 heavy (non-hydrogen) atoms. The molecule has 110 valence electrons. The number of nitrogens with zero attached hydrogens (tertiary/aromatic N) is 2. The van der Waals surface area contributed by atoms with Crippen molar-refractivity contribution in [3.05, 3.63) is 46.1 Å². The summed E-state index contributed by atoms with van der Waals surface area (Å²) >= 11 is 0. The summed E-state index contributed by atoms with van der Waals surface area (Å²) in [6.07, 6.45) is 2.34. The van der Waals surface area contributed by atoms with E-state index >= 15 is 0 Å². The summed E-state index contributed by atoms with van der Waals surface area (Å²) < 4.78 is 5.19. The molecule has 1 heterocycles. The Kier molecular flexibility index (Phi) is 4.50. The van der Waals surface area contributed by atoms with E-state index in [9.17, 15) is 14.9 Å². The van der Waals surface area contributed by atoms with Gasteiger partial charge in [0, 0.05) is 11.6 Å². The third kappa shape index (κ3) is 3.56. The van der Waals surface area contributed by atoms with Crippen molar-refractivity contribution in [3.8, 4) is 5.75 Å². The lowest BCUT2D eigenvalue weighted by molar-refractivity contribution is -0.385. The molecule has 0 spiro atoms. The molecule has 0 saturated carbocycles. The van der Waals surface area contributed by atoms with E-state index in [1.165, 1.54) is 18.2 Å². The quantitative estimate of drug-likeness (QED) is 0.623. The molecule has 1 amide bonds. The number of H-pyrrole nitrogens is 1. The highest BCUT2D eigenvalue weighted by Gasteiger charge is 2.15. The van der Waals surface area contributed by atoms with Crippen molar-refractivity contribution in [3.63, 3.8) is 0 Å². The van der Waals surface area contributed by atoms with Gasteiger partial charge in [0.2, 0.25) is 0 Å². The Balaban J connectivity index is 1.97. The molecule has 0 saturated heterocycles. The molecule has 0 atom stereocenters. The van der Waals surface area contributed by atoms with Crippen LogP contribution in [0.5, 0.6) is 5.75 Å². The first-order chi connectivity index (χ1) is 10.1. The molecule has 2 aromatic rings. The summed E-state index contributed by atoms with van der Waals surface area (Å²) in [7, 11) is 0. The summed E-state index contributed by atoms with van der Waals surface area (Å²) in [6, 6.07) is 5.89. The topological polar surface area (TPSA) is 110 Å². The van der Waals surface area contributed by atoms with Crippen molar-refractivity contribution >= 4 is 17.4 Å². The fraction of sp³-hybridized carbons (Fsp3) is 0.231. The van der Waals surface area contributed by atoms with Crippen molar-refractivity contribution in [2.24, 2.45) is 0 Å². The standard InChI is InChI=1S/C13H14N4O4/c1-2-9-7-14-16-13(9)15-12(18)8-21-11-6-4-3-5-10(11)17(19)20/h3-7H,2,8H2,1H3,(H2,14,15,16,18). The van der Waals surface area contributed by atoms with Crippen LogP contribution in [0, 0.1) is 10.1 Å². The number of nitrogens with one attached hydrogen (secondary N) is 2. The predicted molar refractivity (Wildman–Crippen MR) is 75.2 cm³/mol. The first-order valence-electron chi connectivity index (χ1n) is 6.30. The molecule has 0 aliphatic rings. The minimum Gasteiger partial charge on any atom is -0.477 e. The van der Waals surface area contributed by atoms with E-state index in [-0.39, 0.29) is 18.0 Å². The third-order valence-corrected chi connectivity index (χ3v) is 2.78. The van der Waals surface area contributed by atoms with Gasteiger partial charge >= 0.3 is 5.69 Å². The van der Waals surface area contributed by atoms with Crippen LogP contribution >= 0.6 is 0 Å². The van der Waals surface area contributed by atoms with Gasteiger partial charge in [0.25, 0.3) is 5.91 Å². The Labute approximate surface area is 120 Å². The molecular weight excluding hydrogens is 276 g/mol. The predicted octanol–water partition coefficient (Wildman–Crippen LogP) is 1.90. The van der Waals surface area contributed by atoms with Gasteiger partial charge in [0.05, 0.1) is 11.1 Å². The molecule has 8 nitrogen and oxygen atoms in total. The van der Waals surface area contributed by atoms with E-state index in [0.717, 1.165) is 12.0 Å². The van der Waals surface area contributed by atoms with Crippen LogP contribution in [0.4, 0.5) is 11.5 Å². The zero-order chi connectivity index (χ0) is 15.2. The smallest absolute Gasteiger partial charge is 0.310 e. The van der Waals surface area contributed by atoms with Gasteiger partial charge in [-0.15, -0.1) is 0 Å². The zero-order valence-electron chi connectivity index (χ0n) is 11.3. The molecule has 8 heteroatoms. The van der Waals surface area contributed by atoms with Crippen molar-refractivity contribution in [2.75, 3.05) is 11.9 Å². The van der Waals surface area contributed by atoms with Crippen LogP contribution in [0.25, 0.3) is 0 Å². The molecular formula is C13H14N4O4. The van der Waals surface area contributed by atoms with Crippen LogP contribution in [-0.2, 0) is 11.2 Å². The van der Waals surface area contributed by atoms with Crippen LogP contribution in [0.1, 0.15) is 12.5 Å². The van der Waals surface area contributed by atoms with Crippen molar-refractivity contribution in [1.29, 1.82) is 0 Å². The summed E-state index contributed by atoms with van der Waals surface area (Å²) in [5, 5.41) is 19.9. The van der Waals surface area contributed by atoms with Crippen LogP contribution in [0.3, 0.4) is 0 Å². The maximum Gasteiger partial charge on any atom is 0.310 e. The average molecular weight is 290 g/mol. The van der Waals surface area contributed by atoms with Gasteiger partial charge in [0.15, 0.2) is 12.4 Å². The Morgan fingerprint density at radius 2 is 2.24 bits per heavy atom. The lowest BCUT2D eigenvalue weighted by atomic mass is 10.2. The van der Waals surface area contributed by atoms with Gasteiger partial charge in [-0.05, 0) is 12.5 Å². The van der Waals surface area contributed by atoms with Crippen molar-refractivity contribution in [1.82, 2.24) is 10.2 Å². The molecule has 1 aromatic heterocycles. The highest BCUT2D eigenvalue weighted by atomic mass is 16.6. The van der Waals surface area contributed by atoms with Gasteiger partial charge < -0.3 is 10.1 Å². The Bertz CT molecular complexity index is 653. The third-order valence-electron chi connectivity index (χ3n) is 2.78. The molecule has 0 unspecified atom stereocenters. The number of amides is 1. The minimum atomic E-state index is -0.558. The van der Waals surface area contributed by atoms with Crippen LogP contribution in [-0.4, -0.2) is 27.6 Å². The highest BCUT2D eigenvalue weighted by Crippen LogP contribution is 2.25. The molecule has 2 N–H and O–H groups in total. The number of benzene rings is 1. The Morgan fingerprint density at radius 3 is 2.95 bits per heavy atom. The largest absolute Gasteiger partial charge is 0.477 e. The maximum absolute atomic E-state index is 11.8. The molecule has 0 fully saturated rings. The second-order valence-corrected chi connectivity index (χ2v) is 4.19. The molecule has 2 rings (SSSR count). The Morgan fingerprint density at radius 1 is 1.48 bits per heavy atom. The van der Waals surface area contributed by atoms with Gasteiger partial charge in [-0.25, -0.2) is 0 Å². The van der Waals surface area contributed by atoms with Crippen LogP contribution < -0.4 is 10.1 Å². The van der Waals surface area contributed by atoms with Crippen LogP contribution in [0.2, 0.25) is 0 Å². The molecule has 0 aliphatic heterocycles.